The predicted octanol–water partition coefficient (Wildman–Crippen LogP) is 3.12. The Morgan fingerprint density at radius 3 is 2.66 bits per heavy atom. The lowest BCUT2D eigenvalue weighted by atomic mass is 9.86. The number of fused-ring (bicyclic) bond motifs is 1. The van der Waals surface area contributed by atoms with Crippen LogP contribution in [0.1, 0.15) is 78.8 Å². The highest BCUT2D eigenvalue weighted by Crippen LogP contribution is 2.30. The van der Waals surface area contributed by atoms with Gasteiger partial charge in [-0.1, -0.05) is 6.92 Å². The first-order valence-corrected chi connectivity index (χ1v) is 12.1. The molecular weight excluding hydrogens is 402 g/mol. The van der Waals surface area contributed by atoms with Crippen molar-refractivity contribution in [2.24, 2.45) is 5.92 Å². The van der Waals surface area contributed by atoms with Crippen molar-refractivity contribution >= 4 is 5.91 Å². The van der Waals surface area contributed by atoms with Gasteiger partial charge in [0.1, 0.15) is 5.82 Å². The van der Waals surface area contributed by atoms with E-state index in [2.05, 4.69) is 21.8 Å². The number of carbonyl (C=O) groups is 1. The Labute approximate surface area is 189 Å². The van der Waals surface area contributed by atoms with Gasteiger partial charge >= 0.3 is 0 Å². The zero-order valence-electron chi connectivity index (χ0n) is 18.9. The van der Waals surface area contributed by atoms with Crippen LogP contribution in [-0.2, 0) is 13.0 Å². The molecule has 3 aliphatic rings. The van der Waals surface area contributed by atoms with Crippen LogP contribution >= 0.6 is 0 Å². The molecule has 2 aliphatic heterocycles. The third kappa shape index (κ3) is 4.35. The smallest absolute Gasteiger partial charge is 0.255 e. The van der Waals surface area contributed by atoms with Crippen LogP contribution in [0.25, 0.3) is 0 Å². The van der Waals surface area contributed by atoms with E-state index in [9.17, 15) is 9.59 Å². The highest BCUT2D eigenvalue weighted by atomic mass is 16.2. The zero-order chi connectivity index (χ0) is 22.1. The van der Waals surface area contributed by atoms with Crippen molar-refractivity contribution in [1.29, 1.82) is 0 Å². The number of aromatic nitrogens is 3. The highest BCUT2D eigenvalue weighted by molar-refractivity contribution is 5.94. The molecule has 0 spiro atoms. The van der Waals surface area contributed by atoms with Crippen molar-refractivity contribution < 1.29 is 4.79 Å². The first-order valence-electron chi connectivity index (χ1n) is 12.1. The second-order valence-electron chi connectivity index (χ2n) is 9.84. The maximum Gasteiger partial charge on any atom is 0.255 e. The molecule has 4 heterocycles. The number of H-pyrrole nitrogens is 1. The van der Waals surface area contributed by atoms with Gasteiger partial charge in [0, 0.05) is 62.5 Å². The Kier molecular flexibility index (Phi) is 6.09. The van der Waals surface area contributed by atoms with Crippen molar-refractivity contribution in [3.63, 3.8) is 0 Å². The second kappa shape index (κ2) is 9.14. The predicted molar refractivity (Wildman–Crippen MR) is 123 cm³/mol. The molecule has 0 unspecified atom stereocenters. The van der Waals surface area contributed by atoms with Gasteiger partial charge in [-0.2, -0.15) is 0 Å². The fourth-order valence-electron chi connectivity index (χ4n) is 5.64. The molecule has 0 bridgehead atoms. The Balaban J connectivity index is 1.30. The number of carbonyl (C=O) groups excluding carboxylic acids is 1. The maximum atomic E-state index is 13.0. The van der Waals surface area contributed by atoms with Gasteiger partial charge in [-0.05, 0) is 56.6 Å². The zero-order valence-corrected chi connectivity index (χ0v) is 18.9. The van der Waals surface area contributed by atoms with E-state index >= 15 is 0 Å². The van der Waals surface area contributed by atoms with E-state index in [0.29, 0.717) is 24.7 Å². The van der Waals surface area contributed by atoms with Gasteiger partial charge in [0.2, 0.25) is 0 Å². The number of hydrogen-bond acceptors (Lipinski definition) is 5. The van der Waals surface area contributed by atoms with Gasteiger partial charge in [-0.3, -0.25) is 19.5 Å². The number of nitrogens with one attached hydrogen (secondary N) is 1. The van der Waals surface area contributed by atoms with Gasteiger partial charge in [0.25, 0.3) is 11.5 Å². The van der Waals surface area contributed by atoms with Crippen molar-refractivity contribution in [3.8, 4) is 0 Å². The molecular formula is C25H33N5O2. The van der Waals surface area contributed by atoms with Gasteiger partial charge in [0.05, 0.1) is 11.3 Å². The summed E-state index contributed by atoms with van der Waals surface area (Å²) < 4.78 is 0. The molecule has 1 N–H and O–H groups in total. The molecule has 1 saturated carbocycles. The quantitative estimate of drug-likeness (QED) is 0.801. The number of nitrogens with zero attached hydrogens (tertiary/aromatic N) is 4. The van der Waals surface area contributed by atoms with E-state index in [1.807, 2.05) is 4.90 Å². The summed E-state index contributed by atoms with van der Waals surface area (Å²) in [7, 11) is 0. The van der Waals surface area contributed by atoms with Crippen LogP contribution in [-0.4, -0.2) is 56.3 Å². The SMILES string of the molecule is CC1CCC(N2CCc3nc([C@@H]4CCCN(C(=O)c5ccncc5)C4)[nH]c(=O)c3C2)CC1. The van der Waals surface area contributed by atoms with Gasteiger partial charge < -0.3 is 9.88 Å². The molecule has 7 heteroatoms. The number of pyridine rings is 1. The molecule has 2 aromatic heterocycles. The molecule has 170 valence electrons. The summed E-state index contributed by atoms with van der Waals surface area (Å²) >= 11 is 0. The number of rotatable bonds is 3. The minimum atomic E-state index is 0.0106. The van der Waals surface area contributed by atoms with Crippen LogP contribution in [0.2, 0.25) is 0 Å². The third-order valence-corrected chi connectivity index (χ3v) is 7.64. The largest absolute Gasteiger partial charge is 0.338 e. The Hall–Kier alpha value is -2.54. The summed E-state index contributed by atoms with van der Waals surface area (Å²) in [6, 6.07) is 4.11. The molecule has 2 aromatic rings. The highest BCUT2D eigenvalue weighted by Gasteiger charge is 2.31. The van der Waals surface area contributed by atoms with E-state index in [1.165, 1.54) is 25.7 Å². The molecule has 1 amide bonds. The van der Waals surface area contributed by atoms with Crippen LogP contribution in [0.15, 0.2) is 29.3 Å². The average Bonchev–Trinajstić information content (AvgIpc) is 2.84. The lowest BCUT2D eigenvalue weighted by Crippen LogP contribution is -2.44. The molecule has 0 aromatic carbocycles. The summed E-state index contributed by atoms with van der Waals surface area (Å²) in [5, 5.41) is 0. The molecule has 1 atom stereocenters. The minimum Gasteiger partial charge on any atom is -0.338 e. The van der Waals surface area contributed by atoms with Gasteiger partial charge in [-0.25, -0.2) is 4.98 Å². The van der Waals surface area contributed by atoms with E-state index in [0.717, 1.165) is 55.4 Å². The average molecular weight is 436 g/mol. The molecule has 1 saturated heterocycles. The van der Waals surface area contributed by atoms with Gasteiger partial charge in [-0.15, -0.1) is 0 Å². The fourth-order valence-corrected chi connectivity index (χ4v) is 5.64. The van der Waals surface area contributed by atoms with Crippen LogP contribution in [0.3, 0.4) is 0 Å². The number of likely N-dealkylation sites (tertiary alicyclic amines) is 1. The Morgan fingerprint density at radius 1 is 1.09 bits per heavy atom. The summed E-state index contributed by atoms with van der Waals surface area (Å²) in [5.41, 5.74) is 2.47. The molecule has 5 rings (SSSR count). The fraction of sp³-hybridized carbons (Fsp3) is 0.600. The van der Waals surface area contributed by atoms with E-state index in [4.69, 9.17) is 4.98 Å². The molecule has 7 nitrogen and oxygen atoms in total. The monoisotopic (exact) mass is 435 g/mol. The summed E-state index contributed by atoms with van der Waals surface area (Å²) in [6.07, 6.45) is 11.0. The van der Waals surface area contributed by atoms with Crippen molar-refractivity contribution in [3.05, 3.63) is 57.5 Å². The first-order chi connectivity index (χ1) is 15.6. The van der Waals surface area contributed by atoms with Crippen LogP contribution in [0.4, 0.5) is 0 Å². The first kappa shape index (κ1) is 21.3. The van der Waals surface area contributed by atoms with E-state index < -0.39 is 0 Å². The molecule has 1 aliphatic carbocycles. The third-order valence-electron chi connectivity index (χ3n) is 7.64. The topological polar surface area (TPSA) is 82.2 Å². The lowest BCUT2D eigenvalue weighted by Gasteiger charge is -2.38. The maximum absolute atomic E-state index is 13.0. The van der Waals surface area contributed by atoms with E-state index in [1.54, 1.807) is 24.5 Å². The number of hydrogen-bond donors (Lipinski definition) is 1. The number of amides is 1. The standard InChI is InChI=1S/C25H33N5O2/c1-17-4-6-20(7-5-17)29-14-10-22-21(16-29)24(31)28-23(27-22)19-3-2-13-30(15-19)25(32)18-8-11-26-12-9-18/h8-9,11-12,17,19-20H,2-7,10,13-16H2,1H3,(H,27,28,31)/t17?,19-,20?/m1/s1. The van der Waals surface area contributed by atoms with Crippen LogP contribution in [0, 0.1) is 5.92 Å². The lowest BCUT2D eigenvalue weighted by molar-refractivity contribution is 0.0704. The van der Waals surface area contributed by atoms with Crippen molar-refractivity contribution in [2.75, 3.05) is 19.6 Å². The minimum absolute atomic E-state index is 0.0106. The van der Waals surface area contributed by atoms with E-state index in [-0.39, 0.29) is 17.4 Å². The van der Waals surface area contributed by atoms with Crippen LogP contribution in [0.5, 0.6) is 0 Å². The summed E-state index contributed by atoms with van der Waals surface area (Å²) in [4.78, 5) is 42.3. The summed E-state index contributed by atoms with van der Waals surface area (Å²) in [5.74, 6) is 1.68. The van der Waals surface area contributed by atoms with Crippen molar-refractivity contribution in [2.45, 2.75) is 70.4 Å². The normalized spacial score (nSPS) is 26.5. The number of aromatic amines is 1. The second-order valence-corrected chi connectivity index (χ2v) is 9.84. The summed E-state index contributed by atoms with van der Waals surface area (Å²) in [6.45, 7) is 5.37. The molecule has 2 fully saturated rings. The number of piperidine rings is 1. The van der Waals surface area contributed by atoms with Crippen LogP contribution < -0.4 is 5.56 Å². The molecule has 32 heavy (non-hydrogen) atoms. The molecule has 0 radical (unpaired) electrons. The Morgan fingerprint density at radius 2 is 1.88 bits per heavy atom. The Bertz CT molecular complexity index is 1010. The van der Waals surface area contributed by atoms with Gasteiger partial charge in [0.15, 0.2) is 0 Å². The van der Waals surface area contributed by atoms with Crippen molar-refractivity contribution in [1.82, 2.24) is 24.8 Å².